The average molecular weight is 552 g/mol. The lowest BCUT2D eigenvalue weighted by molar-refractivity contribution is -0.114. The number of carbonyl (C=O) groups excluding carboxylic acids is 1. The van der Waals surface area contributed by atoms with Crippen LogP contribution in [0.15, 0.2) is 53.8 Å². The molecule has 3 rings (SSSR count). The van der Waals surface area contributed by atoms with Crippen molar-refractivity contribution >= 4 is 41.5 Å². The number of aromatic nitrogens is 1. The van der Waals surface area contributed by atoms with Crippen molar-refractivity contribution in [3.8, 4) is 5.75 Å². The Morgan fingerprint density at radius 1 is 1.19 bits per heavy atom. The number of hydrogen-bond acceptors (Lipinski definition) is 5. The molecule has 8 nitrogen and oxygen atoms in total. The van der Waals surface area contributed by atoms with Crippen molar-refractivity contribution in [2.75, 3.05) is 45.2 Å². The number of rotatable bonds is 9. The molecule has 0 saturated carbocycles. The van der Waals surface area contributed by atoms with E-state index in [9.17, 15) is 4.79 Å². The van der Waals surface area contributed by atoms with E-state index < -0.39 is 0 Å². The number of carbonyl (C=O) groups is 1. The number of benzene rings is 1. The molecule has 1 saturated heterocycles. The fourth-order valence-corrected chi connectivity index (χ4v) is 3.66. The van der Waals surface area contributed by atoms with Crippen LogP contribution in [0.2, 0.25) is 0 Å². The van der Waals surface area contributed by atoms with Crippen LogP contribution in [0.25, 0.3) is 0 Å². The van der Waals surface area contributed by atoms with Gasteiger partial charge in [-0.15, -0.1) is 24.0 Å². The third-order valence-corrected chi connectivity index (χ3v) is 5.22. The first-order valence-electron chi connectivity index (χ1n) is 10.8. The molecule has 1 atom stereocenters. The molecular weight excluding hydrogens is 519 g/mol. The highest BCUT2D eigenvalue weighted by Crippen LogP contribution is 2.26. The van der Waals surface area contributed by atoms with Crippen molar-refractivity contribution in [2.45, 2.75) is 25.8 Å². The molecule has 1 amide bonds. The van der Waals surface area contributed by atoms with Crippen LogP contribution in [0.4, 0.5) is 5.69 Å². The van der Waals surface area contributed by atoms with E-state index in [1.165, 1.54) is 18.4 Å². The average Bonchev–Trinajstić information content (AvgIpc) is 3.33. The van der Waals surface area contributed by atoms with E-state index in [1.807, 2.05) is 19.1 Å². The summed E-state index contributed by atoms with van der Waals surface area (Å²) in [4.78, 5) is 23.2. The number of halogens is 1. The van der Waals surface area contributed by atoms with E-state index in [0.29, 0.717) is 24.7 Å². The predicted octanol–water partition coefficient (Wildman–Crippen LogP) is 3.04. The second kappa shape index (κ2) is 13.9. The summed E-state index contributed by atoms with van der Waals surface area (Å²) < 4.78 is 5.30. The zero-order chi connectivity index (χ0) is 21.9. The predicted molar refractivity (Wildman–Crippen MR) is 139 cm³/mol. The van der Waals surface area contributed by atoms with Gasteiger partial charge in [0.2, 0.25) is 5.91 Å². The van der Waals surface area contributed by atoms with Crippen LogP contribution in [0.1, 0.15) is 31.4 Å². The highest BCUT2D eigenvalue weighted by molar-refractivity contribution is 14.0. The fourth-order valence-electron chi connectivity index (χ4n) is 3.66. The van der Waals surface area contributed by atoms with E-state index in [-0.39, 0.29) is 42.5 Å². The molecule has 1 unspecified atom stereocenters. The van der Waals surface area contributed by atoms with Crippen molar-refractivity contribution in [3.05, 3.63) is 54.4 Å². The van der Waals surface area contributed by atoms with Crippen LogP contribution < -0.4 is 20.7 Å². The molecule has 1 fully saturated rings. The second-order valence-corrected chi connectivity index (χ2v) is 7.40. The van der Waals surface area contributed by atoms with Crippen LogP contribution >= 0.6 is 24.0 Å². The summed E-state index contributed by atoms with van der Waals surface area (Å²) in [6.07, 6.45) is 5.71. The van der Waals surface area contributed by atoms with Crippen molar-refractivity contribution in [1.29, 1.82) is 0 Å². The van der Waals surface area contributed by atoms with Gasteiger partial charge in [0.25, 0.3) is 0 Å². The Labute approximate surface area is 207 Å². The van der Waals surface area contributed by atoms with E-state index >= 15 is 0 Å². The van der Waals surface area contributed by atoms with Crippen LogP contribution in [0, 0.1) is 0 Å². The van der Waals surface area contributed by atoms with Gasteiger partial charge in [-0.1, -0.05) is 12.1 Å². The summed E-state index contributed by atoms with van der Waals surface area (Å²) in [5.41, 5.74) is 1.90. The van der Waals surface area contributed by atoms with Crippen LogP contribution in [0.5, 0.6) is 5.75 Å². The molecule has 3 N–H and O–H groups in total. The Morgan fingerprint density at radius 3 is 2.56 bits per heavy atom. The number of guanidine groups is 1. The summed E-state index contributed by atoms with van der Waals surface area (Å²) in [6.45, 7) is 5.62. The molecule has 0 spiro atoms. The minimum absolute atomic E-state index is 0. The standard InChI is InChI=1S/C23H32N6O2.HI/c1-3-25-23(27-17-22(30)28-19-7-6-12-24-15-19)26-16-21(29-13-4-5-14-29)18-8-10-20(31-2)11-9-18;/h6-12,15,21H,3-5,13-14,16-17H2,1-2H3,(H,28,30)(H2,25,26,27);1H. The minimum Gasteiger partial charge on any atom is -0.497 e. The van der Waals surface area contributed by atoms with Gasteiger partial charge in [0, 0.05) is 19.3 Å². The Hall–Kier alpha value is -2.40. The van der Waals surface area contributed by atoms with Gasteiger partial charge in [-0.05, 0) is 62.7 Å². The third kappa shape index (κ3) is 7.94. The molecule has 1 aromatic heterocycles. The molecule has 0 aliphatic carbocycles. The number of methoxy groups -OCH3 is 1. The van der Waals surface area contributed by atoms with Crippen molar-refractivity contribution in [3.63, 3.8) is 0 Å². The summed E-state index contributed by atoms with van der Waals surface area (Å²) >= 11 is 0. The Morgan fingerprint density at radius 2 is 1.94 bits per heavy atom. The lowest BCUT2D eigenvalue weighted by Crippen LogP contribution is -2.43. The first-order chi connectivity index (χ1) is 15.2. The molecule has 1 aliphatic heterocycles. The maximum atomic E-state index is 12.2. The van der Waals surface area contributed by atoms with E-state index in [1.54, 1.807) is 31.6 Å². The molecule has 174 valence electrons. The van der Waals surface area contributed by atoms with Crippen molar-refractivity contribution in [2.24, 2.45) is 4.99 Å². The quantitative estimate of drug-likeness (QED) is 0.252. The third-order valence-electron chi connectivity index (χ3n) is 5.22. The second-order valence-electron chi connectivity index (χ2n) is 7.40. The Bertz CT molecular complexity index is 841. The van der Waals surface area contributed by atoms with Gasteiger partial charge in [0.1, 0.15) is 12.3 Å². The SMILES string of the molecule is CCNC(=NCC(=O)Nc1cccnc1)NCC(c1ccc(OC)cc1)N1CCCC1.I. The lowest BCUT2D eigenvalue weighted by Gasteiger charge is -2.29. The van der Waals surface area contributed by atoms with E-state index in [0.717, 1.165) is 18.8 Å². The number of pyridine rings is 1. The monoisotopic (exact) mass is 552 g/mol. The van der Waals surface area contributed by atoms with Crippen molar-refractivity contribution in [1.82, 2.24) is 20.5 Å². The number of aliphatic imine (C=N–C) groups is 1. The summed E-state index contributed by atoms with van der Waals surface area (Å²) in [7, 11) is 1.68. The smallest absolute Gasteiger partial charge is 0.246 e. The highest BCUT2D eigenvalue weighted by Gasteiger charge is 2.23. The number of hydrogen-bond donors (Lipinski definition) is 3. The number of nitrogens with zero attached hydrogens (tertiary/aromatic N) is 3. The molecular formula is C23H33IN6O2. The Balaban J connectivity index is 0.00000363. The number of anilines is 1. The number of likely N-dealkylation sites (tertiary alicyclic amines) is 1. The zero-order valence-electron chi connectivity index (χ0n) is 18.7. The lowest BCUT2D eigenvalue weighted by atomic mass is 10.1. The van der Waals surface area contributed by atoms with Gasteiger partial charge < -0.3 is 20.7 Å². The Kier molecular flexibility index (Phi) is 11.2. The van der Waals surface area contributed by atoms with Crippen LogP contribution in [-0.2, 0) is 4.79 Å². The summed E-state index contributed by atoms with van der Waals surface area (Å²) in [6, 6.07) is 12.0. The maximum Gasteiger partial charge on any atom is 0.246 e. The number of amides is 1. The van der Waals surface area contributed by atoms with Gasteiger partial charge in [0.05, 0.1) is 25.0 Å². The van der Waals surface area contributed by atoms with Gasteiger partial charge in [-0.25, -0.2) is 4.99 Å². The maximum absolute atomic E-state index is 12.2. The summed E-state index contributed by atoms with van der Waals surface area (Å²) in [5.74, 6) is 1.30. The molecule has 2 heterocycles. The largest absolute Gasteiger partial charge is 0.497 e. The first kappa shape index (κ1) is 25.9. The molecule has 0 bridgehead atoms. The molecule has 0 radical (unpaired) electrons. The normalized spacial score (nSPS) is 14.9. The van der Waals surface area contributed by atoms with Gasteiger partial charge in [-0.3, -0.25) is 14.7 Å². The molecule has 2 aromatic rings. The van der Waals surface area contributed by atoms with E-state index in [2.05, 4.69) is 43.0 Å². The van der Waals surface area contributed by atoms with Crippen LogP contribution in [0.3, 0.4) is 0 Å². The number of ether oxygens (including phenoxy) is 1. The molecule has 1 aromatic carbocycles. The highest BCUT2D eigenvalue weighted by atomic mass is 127. The fraction of sp³-hybridized carbons (Fsp3) is 0.435. The first-order valence-corrected chi connectivity index (χ1v) is 10.8. The van der Waals surface area contributed by atoms with Gasteiger partial charge in [0.15, 0.2) is 5.96 Å². The van der Waals surface area contributed by atoms with Gasteiger partial charge in [-0.2, -0.15) is 0 Å². The molecule has 32 heavy (non-hydrogen) atoms. The molecule has 1 aliphatic rings. The number of nitrogens with one attached hydrogen (secondary N) is 3. The van der Waals surface area contributed by atoms with Gasteiger partial charge >= 0.3 is 0 Å². The summed E-state index contributed by atoms with van der Waals surface area (Å²) in [5, 5.41) is 9.44. The topological polar surface area (TPSA) is 90.9 Å². The molecule has 9 heteroatoms. The van der Waals surface area contributed by atoms with Crippen LogP contribution in [-0.4, -0.2) is 61.6 Å². The van der Waals surface area contributed by atoms with E-state index in [4.69, 9.17) is 4.74 Å². The minimum atomic E-state index is -0.184. The zero-order valence-corrected chi connectivity index (χ0v) is 21.0. The van der Waals surface area contributed by atoms with Crippen molar-refractivity contribution < 1.29 is 9.53 Å².